The number of likely N-dealkylation sites (tertiary alicyclic amines) is 1. The molecule has 0 spiro atoms. The van der Waals surface area contributed by atoms with E-state index in [0.29, 0.717) is 37.8 Å². The predicted octanol–water partition coefficient (Wildman–Crippen LogP) is 2.89. The minimum atomic E-state index is -1.03. The van der Waals surface area contributed by atoms with Gasteiger partial charge in [-0.15, -0.1) is 0 Å². The van der Waals surface area contributed by atoms with Crippen LogP contribution < -0.4 is 21.7 Å². The standard InChI is InChI=1S/C43H73N7O7/c1-15-27(4)37(49(12)42(55)35(29(6)44)46-41(54)36(26(2)3)48(10)11)33(56-13)25-34(51)50-23-19-22-32(50)38(57-14)28(5)39(52)45-31(40(53)47-43(7,8)9)24-30-20-17-16-18-21-30/h16-18,20-21,27-29,31-33,35-38H,2,15,19,22-25,44H2,1,3-14H3,(H,45,52)(H,46,54)(H,47,53)/t27-,28+,29-,31-,32-,33+,35-,36-,37-,38+/m0/s1. The number of nitrogens with zero attached hydrogens (tertiary/aromatic N) is 3. The van der Waals surface area contributed by atoms with Gasteiger partial charge in [-0.05, 0) is 73.0 Å². The maximum atomic E-state index is 14.3. The molecule has 0 bridgehead atoms. The average Bonchev–Trinajstić information content (AvgIpc) is 3.62. The molecule has 5 N–H and O–H groups in total. The van der Waals surface area contributed by atoms with E-state index in [1.807, 2.05) is 65.0 Å². The maximum absolute atomic E-state index is 14.3. The van der Waals surface area contributed by atoms with Crippen LogP contribution >= 0.6 is 0 Å². The van der Waals surface area contributed by atoms with E-state index in [-0.39, 0.29) is 36.0 Å². The number of nitrogens with two attached hydrogens (primary N) is 1. The Morgan fingerprint density at radius 1 is 0.965 bits per heavy atom. The molecule has 0 unspecified atom stereocenters. The molecular formula is C43H73N7O7. The molecule has 1 aromatic carbocycles. The lowest BCUT2D eigenvalue weighted by Gasteiger charge is -2.41. The summed E-state index contributed by atoms with van der Waals surface area (Å²) >= 11 is 0. The molecule has 1 aliphatic heterocycles. The largest absolute Gasteiger partial charge is 0.379 e. The molecule has 1 aliphatic rings. The third-order valence-corrected chi connectivity index (χ3v) is 11.0. The van der Waals surface area contributed by atoms with Crippen LogP contribution in [0.25, 0.3) is 0 Å². The Morgan fingerprint density at radius 2 is 1.58 bits per heavy atom. The van der Waals surface area contributed by atoms with E-state index in [0.717, 1.165) is 5.56 Å². The molecule has 1 fully saturated rings. The minimum absolute atomic E-state index is 0.0314. The summed E-state index contributed by atoms with van der Waals surface area (Å²) in [5.74, 6) is -2.40. The van der Waals surface area contributed by atoms with Crippen molar-refractivity contribution in [3.63, 3.8) is 0 Å². The van der Waals surface area contributed by atoms with Gasteiger partial charge in [0.1, 0.15) is 18.1 Å². The lowest BCUT2D eigenvalue weighted by Crippen LogP contribution is -2.62. The number of carbonyl (C=O) groups excluding carboxylic acids is 5. The van der Waals surface area contributed by atoms with E-state index in [1.165, 1.54) is 14.2 Å². The van der Waals surface area contributed by atoms with E-state index in [4.69, 9.17) is 15.2 Å². The van der Waals surface area contributed by atoms with Crippen molar-refractivity contribution >= 4 is 29.5 Å². The first kappa shape index (κ1) is 49.3. The fourth-order valence-corrected chi connectivity index (χ4v) is 7.89. The van der Waals surface area contributed by atoms with Crippen molar-refractivity contribution in [2.24, 2.45) is 17.6 Å². The minimum Gasteiger partial charge on any atom is -0.379 e. The van der Waals surface area contributed by atoms with Crippen LogP contribution in [0.4, 0.5) is 0 Å². The van der Waals surface area contributed by atoms with Gasteiger partial charge in [-0.25, -0.2) is 0 Å². The van der Waals surface area contributed by atoms with Gasteiger partial charge in [-0.2, -0.15) is 0 Å². The zero-order valence-corrected chi connectivity index (χ0v) is 36.9. The molecular weight excluding hydrogens is 727 g/mol. The lowest BCUT2D eigenvalue weighted by atomic mass is 9.89. The van der Waals surface area contributed by atoms with Crippen molar-refractivity contribution < 1.29 is 33.4 Å². The third-order valence-electron chi connectivity index (χ3n) is 11.0. The summed E-state index contributed by atoms with van der Waals surface area (Å²) in [6, 6.07) is 5.35. The molecule has 322 valence electrons. The van der Waals surface area contributed by atoms with Crippen molar-refractivity contribution in [1.29, 1.82) is 0 Å². The predicted molar refractivity (Wildman–Crippen MR) is 224 cm³/mol. The number of carbonyl (C=O) groups is 5. The maximum Gasteiger partial charge on any atom is 0.246 e. The normalized spacial score (nSPS) is 19.3. The quantitative estimate of drug-likeness (QED) is 0.136. The summed E-state index contributed by atoms with van der Waals surface area (Å²) in [6.07, 6.45) is 0.952. The van der Waals surface area contributed by atoms with Crippen LogP contribution in [0.3, 0.4) is 0 Å². The number of hydrogen-bond acceptors (Lipinski definition) is 9. The fourth-order valence-electron chi connectivity index (χ4n) is 7.89. The summed E-state index contributed by atoms with van der Waals surface area (Å²) in [5, 5.41) is 8.83. The molecule has 0 aliphatic carbocycles. The first-order valence-corrected chi connectivity index (χ1v) is 20.3. The molecule has 5 amide bonds. The summed E-state index contributed by atoms with van der Waals surface area (Å²) in [6.45, 7) is 19.3. The average molecular weight is 800 g/mol. The van der Waals surface area contributed by atoms with E-state index < -0.39 is 65.8 Å². The molecule has 2 rings (SSSR count). The lowest BCUT2D eigenvalue weighted by molar-refractivity contribution is -0.147. The SMILES string of the molecule is C=C(C)[C@@H](C(=O)N[C@H](C(=O)N(C)[C@@H]([C@@H](C)CC)[C@@H](CC(=O)N1CCC[C@H]1[C@H](OC)[C@@H](C)C(=O)N[C@@H](Cc1ccccc1)C(=O)NC(C)(C)C)OC)[C@H](C)N)N(C)C. The van der Waals surface area contributed by atoms with Crippen LogP contribution in [-0.2, 0) is 39.9 Å². The second-order valence-corrected chi connectivity index (χ2v) is 17.1. The monoisotopic (exact) mass is 800 g/mol. The van der Waals surface area contributed by atoms with E-state index in [1.54, 1.807) is 56.6 Å². The number of hydrogen-bond donors (Lipinski definition) is 4. The highest BCUT2D eigenvalue weighted by atomic mass is 16.5. The molecule has 57 heavy (non-hydrogen) atoms. The molecule has 0 aromatic heterocycles. The van der Waals surface area contributed by atoms with Gasteiger partial charge in [0.2, 0.25) is 29.5 Å². The molecule has 10 atom stereocenters. The Balaban J connectivity index is 2.32. The first-order valence-electron chi connectivity index (χ1n) is 20.3. The van der Waals surface area contributed by atoms with Crippen LogP contribution in [-0.4, -0.2) is 140 Å². The summed E-state index contributed by atoms with van der Waals surface area (Å²) in [5.41, 5.74) is 7.34. The van der Waals surface area contributed by atoms with Gasteiger partial charge >= 0.3 is 0 Å². The van der Waals surface area contributed by atoms with Crippen LogP contribution in [0.2, 0.25) is 0 Å². The molecule has 14 heteroatoms. The van der Waals surface area contributed by atoms with E-state index >= 15 is 0 Å². The van der Waals surface area contributed by atoms with Crippen LogP contribution in [0, 0.1) is 11.8 Å². The van der Waals surface area contributed by atoms with E-state index in [2.05, 4.69) is 22.5 Å². The molecule has 1 aromatic rings. The van der Waals surface area contributed by atoms with Gasteiger partial charge < -0.3 is 41.0 Å². The molecule has 1 heterocycles. The Hall–Kier alpha value is -3.85. The van der Waals surface area contributed by atoms with Gasteiger partial charge in [-0.3, -0.25) is 28.9 Å². The second kappa shape index (κ2) is 22.3. The molecule has 0 saturated carbocycles. The number of ether oxygens (including phenoxy) is 2. The van der Waals surface area contributed by atoms with E-state index in [9.17, 15) is 24.0 Å². The summed E-state index contributed by atoms with van der Waals surface area (Å²) in [7, 11) is 8.25. The van der Waals surface area contributed by atoms with Crippen molar-refractivity contribution in [2.45, 2.75) is 141 Å². The van der Waals surface area contributed by atoms with Gasteiger partial charge in [0.25, 0.3) is 0 Å². The number of benzene rings is 1. The van der Waals surface area contributed by atoms with Crippen LogP contribution in [0.15, 0.2) is 42.5 Å². The highest BCUT2D eigenvalue weighted by Gasteiger charge is 2.43. The van der Waals surface area contributed by atoms with Crippen LogP contribution in [0.1, 0.15) is 86.6 Å². The van der Waals surface area contributed by atoms with Gasteiger partial charge in [0, 0.05) is 45.8 Å². The van der Waals surface area contributed by atoms with Crippen molar-refractivity contribution in [1.82, 2.24) is 30.7 Å². The summed E-state index contributed by atoms with van der Waals surface area (Å²) < 4.78 is 12.0. The Labute approximate surface area is 342 Å². The number of likely N-dealkylation sites (N-methyl/N-ethyl adjacent to an activating group) is 2. The summed E-state index contributed by atoms with van der Waals surface area (Å²) in [4.78, 5) is 74.2. The van der Waals surface area contributed by atoms with Crippen molar-refractivity contribution in [2.75, 3.05) is 41.9 Å². The molecule has 14 nitrogen and oxygen atoms in total. The topological polar surface area (TPSA) is 176 Å². The Bertz CT molecular complexity index is 1500. The zero-order valence-electron chi connectivity index (χ0n) is 36.9. The number of rotatable bonds is 21. The van der Waals surface area contributed by atoms with Gasteiger partial charge in [0.05, 0.1) is 36.6 Å². The highest BCUT2D eigenvalue weighted by Crippen LogP contribution is 2.29. The number of amides is 5. The van der Waals surface area contributed by atoms with Gasteiger partial charge in [-0.1, -0.05) is 69.7 Å². The van der Waals surface area contributed by atoms with Gasteiger partial charge in [0.15, 0.2) is 0 Å². The van der Waals surface area contributed by atoms with Crippen molar-refractivity contribution in [3.8, 4) is 0 Å². The number of nitrogens with one attached hydrogen (secondary N) is 3. The van der Waals surface area contributed by atoms with Crippen molar-refractivity contribution in [3.05, 3.63) is 48.0 Å². The smallest absolute Gasteiger partial charge is 0.246 e. The number of methoxy groups -OCH3 is 2. The highest BCUT2D eigenvalue weighted by molar-refractivity contribution is 5.92. The zero-order chi connectivity index (χ0) is 43.4. The Morgan fingerprint density at radius 3 is 2.07 bits per heavy atom. The first-order chi connectivity index (χ1) is 26.6. The molecule has 1 saturated heterocycles. The molecule has 0 radical (unpaired) electrons. The fraction of sp³-hybridized carbons (Fsp3) is 0.698. The third kappa shape index (κ3) is 13.9. The van der Waals surface area contributed by atoms with Crippen LogP contribution in [0.5, 0.6) is 0 Å². The Kier molecular flexibility index (Phi) is 19.3. The second-order valence-electron chi connectivity index (χ2n) is 17.1.